The number of fused-ring (bicyclic) bond motifs is 3. The average molecular weight is 378 g/mol. The van der Waals surface area contributed by atoms with E-state index >= 15 is 0 Å². The van der Waals surface area contributed by atoms with Crippen molar-refractivity contribution in [1.82, 2.24) is 15.2 Å². The maximum Gasteiger partial charge on any atom is 0.328 e. The van der Waals surface area contributed by atoms with Crippen molar-refractivity contribution in [3.05, 3.63) is 34.5 Å². The highest BCUT2D eigenvalue weighted by atomic mass is 35.5. The zero-order valence-electron chi connectivity index (χ0n) is 15.3. The lowest BCUT2D eigenvalue weighted by atomic mass is 10.0. The Balaban J connectivity index is 1.74. The molecule has 1 atom stereocenters. The van der Waals surface area contributed by atoms with E-state index in [4.69, 9.17) is 16.3 Å². The van der Waals surface area contributed by atoms with Gasteiger partial charge in [0.25, 0.3) is 0 Å². The number of aromatic amines is 1. The van der Waals surface area contributed by atoms with Gasteiger partial charge in [-0.25, -0.2) is 9.59 Å². The first-order chi connectivity index (χ1) is 12.4. The number of carbonyl (C=O) groups excluding carboxylic acids is 2. The number of nitrogens with zero attached hydrogens (tertiary/aromatic N) is 1. The van der Waals surface area contributed by atoms with E-state index in [0.29, 0.717) is 24.5 Å². The van der Waals surface area contributed by atoms with E-state index in [1.54, 1.807) is 4.90 Å². The SMILES string of the molecule is COC(=O)[C@H](CC(C)C)NC(=O)N1CCc2c([nH]c3ccc(Cl)cc23)C1. The fourth-order valence-corrected chi connectivity index (χ4v) is 3.63. The number of hydrogen-bond donors (Lipinski definition) is 2. The first-order valence-corrected chi connectivity index (χ1v) is 9.19. The average Bonchev–Trinajstić information content (AvgIpc) is 2.96. The van der Waals surface area contributed by atoms with E-state index in [1.165, 1.54) is 12.7 Å². The Hall–Kier alpha value is -2.21. The zero-order valence-corrected chi connectivity index (χ0v) is 16.0. The quantitative estimate of drug-likeness (QED) is 0.801. The van der Waals surface area contributed by atoms with E-state index in [0.717, 1.165) is 23.0 Å². The summed E-state index contributed by atoms with van der Waals surface area (Å²) in [5, 5.41) is 4.63. The Morgan fingerprint density at radius 1 is 1.38 bits per heavy atom. The molecule has 2 aromatic rings. The summed E-state index contributed by atoms with van der Waals surface area (Å²) in [6.45, 7) is 5.08. The van der Waals surface area contributed by atoms with Crippen molar-refractivity contribution in [2.75, 3.05) is 13.7 Å². The number of ether oxygens (including phenoxy) is 1. The summed E-state index contributed by atoms with van der Waals surface area (Å²) in [4.78, 5) is 29.7. The number of esters is 1. The molecule has 0 spiro atoms. The maximum absolute atomic E-state index is 12.7. The molecule has 6 nitrogen and oxygen atoms in total. The third kappa shape index (κ3) is 3.80. The van der Waals surface area contributed by atoms with Crippen molar-refractivity contribution >= 4 is 34.5 Å². The molecule has 0 radical (unpaired) electrons. The van der Waals surface area contributed by atoms with Gasteiger partial charge in [0.2, 0.25) is 0 Å². The lowest BCUT2D eigenvalue weighted by Crippen LogP contribution is -2.50. The molecule has 0 saturated heterocycles. The van der Waals surface area contributed by atoms with Crippen LogP contribution in [0.3, 0.4) is 0 Å². The number of nitrogens with one attached hydrogen (secondary N) is 2. The van der Waals surface area contributed by atoms with Crippen molar-refractivity contribution in [1.29, 1.82) is 0 Å². The minimum Gasteiger partial charge on any atom is -0.467 e. The van der Waals surface area contributed by atoms with Crippen LogP contribution in [0.1, 0.15) is 31.5 Å². The maximum atomic E-state index is 12.7. The molecule has 2 amide bonds. The van der Waals surface area contributed by atoms with Crippen molar-refractivity contribution in [2.45, 2.75) is 39.3 Å². The molecule has 26 heavy (non-hydrogen) atoms. The Bertz CT molecular complexity index is 831. The molecule has 2 heterocycles. The molecule has 1 aromatic heterocycles. The number of amides is 2. The number of rotatable bonds is 4. The van der Waals surface area contributed by atoms with Crippen molar-refractivity contribution in [2.24, 2.45) is 5.92 Å². The van der Waals surface area contributed by atoms with Crippen LogP contribution in [0.5, 0.6) is 0 Å². The van der Waals surface area contributed by atoms with Gasteiger partial charge in [-0.3, -0.25) is 0 Å². The molecule has 1 aromatic carbocycles. The predicted octanol–water partition coefficient (Wildman–Crippen LogP) is 3.48. The molecule has 0 unspecified atom stereocenters. The fraction of sp³-hybridized carbons (Fsp3) is 0.474. The first-order valence-electron chi connectivity index (χ1n) is 8.81. The summed E-state index contributed by atoms with van der Waals surface area (Å²) >= 11 is 6.11. The molecule has 1 aliphatic rings. The third-order valence-electron chi connectivity index (χ3n) is 4.71. The van der Waals surface area contributed by atoms with Crippen LogP contribution in [0.4, 0.5) is 4.79 Å². The summed E-state index contributed by atoms with van der Waals surface area (Å²) in [7, 11) is 1.34. The van der Waals surface area contributed by atoms with Gasteiger partial charge in [0, 0.05) is 28.2 Å². The summed E-state index contributed by atoms with van der Waals surface area (Å²) in [5.74, 6) is -0.143. The number of methoxy groups -OCH3 is 1. The second-order valence-corrected chi connectivity index (χ2v) is 7.53. The van der Waals surface area contributed by atoms with Crippen molar-refractivity contribution in [3.63, 3.8) is 0 Å². The van der Waals surface area contributed by atoms with Crippen LogP contribution < -0.4 is 5.32 Å². The second kappa shape index (κ2) is 7.58. The lowest BCUT2D eigenvalue weighted by molar-refractivity contribution is -0.143. The molecule has 0 saturated carbocycles. The lowest BCUT2D eigenvalue weighted by Gasteiger charge is -2.29. The summed E-state index contributed by atoms with van der Waals surface area (Å²) in [6.07, 6.45) is 1.29. The Labute approximate surface area is 157 Å². The Morgan fingerprint density at radius 2 is 2.15 bits per heavy atom. The molecule has 2 N–H and O–H groups in total. The molecular formula is C19H24ClN3O3. The minimum atomic E-state index is -0.629. The number of halogens is 1. The van der Waals surface area contributed by atoms with Gasteiger partial charge in [0.1, 0.15) is 6.04 Å². The largest absolute Gasteiger partial charge is 0.467 e. The third-order valence-corrected chi connectivity index (χ3v) is 4.95. The van der Waals surface area contributed by atoms with Gasteiger partial charge in [0.15, 0.2) is 0 Å². The van der Waals surface area contributed by atoms with E-state index in [2.05, 4.69) is 10.3 Å². The number of hydrogen-bond acceptors (Lipinski definition) is 3. The van der Waals surface area contributed by atoms with Crippen LogP contribution in [-0.4, -0.2) is 41.6 Å². The standard InChI is InChI=1S/C19H24ClN3O3/c1-11(2)8-16(18(24)26-3)22-19(25)23-7-6-13-14-9-12(20)4-5-15(14)21-17(13)10-23/h4-5,9,11,16,21H,6-8,10H2,1-3H3,(H,22,25)/t16-/m0/s1. The van der Waals surface area contributed by atoms with Gasteiger partial charge in [-0.1, -0.05) is 25.4 Å². The molecule has 0 aliphatic carbocycles. The van der Waals surface area contributed by atoms with E-state index in [-0.39, 0.29) is 11.9 Å². The van der Waals surface area contributed by atoms with Crippen LogP contribution >= 0.6 is 11.6 Å². The number of aromatic nitrogens is 1. The number of H-pyrrole nitrogens is 1. The van der Waals surface area contributed by atoms with Gasteiger partial charge in [0.05, 0.1) is 13.7 Å². The van der Waals surface area contributed by atoms with Gasteiger partial charge in [-0.2, -0.15) is 0 Å². The Morgan fingerprint density at radius 3 is 2.85 bits per heavy atom. The monoisotopic (exact) mass is 377 g/mol. The topological polar surface area (TPSA) is 74.4 Å². The smallest absolute Gasteiger partial charge is 0.328 e. The van der Waals surface area contributed by atoms with Crippen LogP contribution in [0, 0.1) is 5.92 Å². The summed E-state index contributed by atoms with van der Waals surface area (Å²) in [6, 6.07) is 4.89. The van der Waals surface area contributed by atoms with E-state index < -0.39 is 12.0 Å². The van der Waals surface area contributed by atoms with Crippen LogP contribution in [0.2, 0.25) is 5.02 Å². The molecular weight excluding hydrogens is 354 g/mol. The molecule has 7 heteroatoms. The summed E-state index contributed by atoms with van der Waals surface area (Å²) in [5.41, 5.74) is 3.24. The van der Waals surface area contributed by atoms with Gasteiger partial charge >= 0.3 is 12.0 Å². The van der Waals surface area contributed by atoms with Crippen LogP contribution in [-0.2, 0) is 22.5 Å². The molecule has 3 rings (SSSR count). The normalized spacial score (nSPS) is 15.0. The van der Waals surface area contributed by atoms with Gasteiger partial charge < -0.3 is 19.9 Å². The highest BCUT2D eigenvalue weighted by Gasteiger charge is 2.28. The molecule has 0 bridgehead atoms. The molecule has 140 valence electrons. The molecule has 0 fully saturated rings. The highest BCUT2D eigenvalue weighted by Crippen LogP contribution is 2.29. The predicted molar refractivity (Wildman–Crippen MR) is 101 cm³/mol. The molecule has 1 aliphatic heterocycles. The first kappa shape index (κ1) is 18.6. The highest BCUT2D eigenvalue weighted by molar-refractivity contribution is 6.31. The van der Waals surface area contributed by atoms with Gasteiger partial charge in [-0.15, -0.1) is 0 Å². The minimum absolute atomic E-state index is 0.247. The zero-order chi connectivity index (χ0) is 18.8. The fourth-order valence-electron chi connectivity index (χ4n) is 3.45. The number of benzene rings is 1. The Kier molecular flexibility index (Phi) is 5.41. The van der Waals surface area contributed by atoms with Crippen molar-refractivity contribution in [3.8, 4) is 0 Å². The van der Waals surface area contributed by atoms with Crippen molar-refractivity contribution < 1.29 is 14.3 Å². The summed E-state index contributed by atoms with van der Waals surface area (Å²) < 4.78 is 4.82. The van der Waals surface area contributed by atoms with Gasteiger partial charge in [-0.05, 0) is 42.5 Å². The number of urea groups is 1. The second-order valence-electron chi connectivity index (χ2n) is 7.10. The van der Waals surface area contributed by atoms with Crippen LogP contribution in [0.25, 0.3) is 10.9 Å². The van der Waals surface area contributed by atoms with Crippen LogP contribution in [0.15, 0.2) is 18.2 Å². The number of carbonyl (C=O) groups is 2. The van der Waals surface area contributed by atoms with E-state index in [9.17, 15) is 9.59 Å². The van der Waals surface area contributed by atoms with E-state index in [1.807, 2.05) is 32.0 Å².